The fourth-order valence-corrected chi connectivity index (χ4v) is 5.19. The highest BCUT2D eigenvalue weighted by molar-refractivity contribution is 7.99. The van der Waals surface area contributed by atoms with Crippen LogP contribution in [0.5, 0.6) is 0 Å². The summed E-state index contributed by atoms with van der Waals surface area (Å²) in [5, 5.41) is 12.8. The van der Waals surface area contributed by atoms with Crippen LogP contribution in [-0.2, 0) is 9.59 Å². The van der Waals surface area contributed by atoms with Crippen molar-refractivity contribution in [2.45, 2.75) is 42.8 Å². The van der Waals surface area contributed by atoms with Crippen LogP contribution in [0.3, 0.4) is 0 Å². The molecule has 0 radical (unpaired) electrons. The molecule has 2 aromatic carbocycles. The van der Waals surface area contributed by atoms with E-state index in [1.807, 2.05) is 65.2 Å². The summed E-state index contributed by atoms with van der Waals surface area (Å²) in [6.45, 7) is 0. The summed E-state index contributed by atoms with van der Waals surface area (Å²) >= 11 is 1.19. The summed E-state index contributed by atoms with van der Waals surface area (Å²) in [4.78, 5) is 38.0. The molecule has 2 N–H and O–H groups in total. The third kappa shape index (κ3) is 4.16. The number of urea groups is 1. The molecule has 3 aromatic rings. The average Bonchev–Trinajstić information content (AvgIpc) is 3.39. The molecule has 2 heterocycles. The third-order valence-corrected chi connectivity index (χ3v) is 7.05. The second kappa shape index (κ2) is 9.30. The molecule has 4 amide bonds. The first-order valence-corrected chi connectivity index (χ1v) is 12.2. The van der Waals surface area contributed by atoms with Crippen molar-refractivity contribution in [2.75, 3.05) is 5.75 Å². The topological polar surface area (TPSA) is 109 Å². The molecular weight excluding hydrogens is 452 g/mol. The molecule has 34 heavy (non-hydrogen) atoms. The number of amides is 4. The van der Waals surface area contributed by atoms with Crippen LogP contribution in [0.4, 0.5) is 4.79 Å². The number of rotatable bonds is 6. The highest BCUT2D eigenvalue weighted by Gasteiger charge is 2.52. The zero-order chi connectivity index (χ0) is 23.5. The van der Waals surface area contributed by atoms with E-state index in [4.69, 9.17) is 0 Å². The van der Waals surface area contributed by atoms with E-state index >= 15 is 0 Å². The number of aromatic nitrogens is 3. The normalized spacial score (nSPS) is 17.1. The summed E-state index contributed by atoms with van der Waals surface area (Å²) < 4.78 is 1.89. The number of nitrogens with one attached hydrogen (secondary N) is 2. The first kappa shape index (κ1) is 22.1. The molecule has 1 aromatic heterocycles. The number of hydrogen-bond donors (Lipinski definition) is 2. The van der Waals surface area contributed by atoms with Gasteiger partial charge in [-0.15, -0.1) is 10.2 Å². The molecule has 0 atom stereocenters. The van der Waals surface area contributed by atoms with Gasteiger partial charge in [0.25, 0.3) is 5.91 Å². The first-order valence-electron chi connectivity index (χ1n) is 11.2. The Hall–Kier alpha value is -3.66. The maximum atomic E-state index is 12.9. The number of para-hydroxylation sites is 1. The summed E-state index contributed by atoms with van der Waals surface area (Å²) in [6, 6.07) is 18.7. The zero-order valence-electron chi connectivity index (χ0n) is 18.4. The number of carbonyl (C=O) groups excluding carboxylic acids is 3. The Morgan fingerprint density at radius 3 is 2.35 bits per heavy atom. The molecule has 1 spiro atoms. The fourth-order valence-electron chi connectivity index (χ4n) is 4.45. The van der Waals surface area contributed by atoms with E-state index in [-0.39, 0.29) is 11.7 Å². The smallest absolute Gasteiger partial charge is 0.322 e. The molecule has 9 nitrogen and oxygen atoms in total. The molecule has 1 saturated heterocycles. The van der Waals surface area contributed by atoms with Gasteiger partial charge in [-0.25, -0.2) is 4.79 Å². The molecule has 0 bridgehead atoms. The van der Waals surface area contributed by atoms with Crippen LogP contribution >= 0.6 is 11.8 Å². The van der Waals surface area contributed by atoms with Gasteiger partial charge in [0, 0.05) is 11.3 Å². The van der Waals surface area contributed by atoms with E-state index in [0.29, 0.717) is 23.8 Å². The van der Waals surface area contributed by atoms with Crippen molar-refractivity contribution in [3.8, 4) is 17.1 Å². The molecule has 10 heteroatoms. The van der Waals surface area contributed by atoms with E-state index in [2.05, 4.69) is 20.9 Å². The van der Waals surface area contributed by atoms with Gasteiger partial charge >= 0.3 is 6.03 Å². The van der Waals surface area contributed by atoms with Crippen LogP contribution in [0.2, 0.25) is 0 Å². The second-order valence-corrected chi connectivity index (χ2v) is 9.32. The lowest BCUT2D eigenvalue weighted by Gasteiger charge is -2.30. The minimum atomic E-state index is -0.881. The van der Waals surface area contributed by atoms with E-state index in [1.165, 1.54) is 11.8 Å². The Balaban J connectivity index is 1.32. The van der Waals surface area contributed by atoms with E-state index < -0.39 is 17.5 Å². The number of benzene rings is 2. The van der Waals surface area contributed by atoms with E-state index in [1.54, 1.807) is 0 Å². The van der Waals surface area contributed by atoms with Gasteiger partial charge in [0.2, 0.25) is 5.91 Å². The molecular formula is C24H24N6O3S. The number of nitrogens with zero attached hydrogens (tertiary/aromatic N) is 4. The van der Waals surface area contributed by atoms with Gasteiger partial charge in [-0.3, -0.25) is 19.6 Å². The number of hydrogen-bond acceptors (Lipinski definition) is 6. The van der Waals surface area contributed by atoms with Gasteiger partial charge in [0.15, 0.2) is 11.0 Å². The van der Waals surface area contributed by atoms with Crippen LogP contribution in [0.15, 0.2) is 65.8 Å². The molecule has 0 unspecified atom stereocenters. The number of hydrazine groups is 1. The second-order valence-electron chi connectivity index (χ2n) is 8.38. The van der Waals surface area contributed by atoms with Gasteiger partial charge in [0.05, 0.1) is 5.75 Å². The Morgan fingerprint density at radius 1 is 0.971 bits per heavy atom. The number of carbonyl (C=O) groups is 3. The Kier molecular flexibility index (Phi) is 6.06. The Bertz CT molecular complexity index is 1210. The quantitative estimate of drug-likeness (QED) is 0.417. The van der Waals surface area contributed by atoms with Crippen molar-refractivity contribution in [3.63, 3.8) is 0 Å². The molecule has 174 valence electrons. The SMILES string of the molecule is O=C(CSc1nnc(-c2ccccc2)n1-c1ccccc1)NN1C(=O)NC2(CCCCC2)C1=O. The summed E-state index contributed by atoms with van der Waals surface area (Å²) in [7, 11) is 0. The monoisotopic (exact) mass is 476 g/mol. The molecule has 1 aliphatic carbocycles. The van der Waals surface area contributed by atoms with Crippen LogP contribution in [0, 0.1) is 0 Å². The minimum Gasteiger partial charge on any atom is -0.322 e. The van der Waals surface area contributed by atoms with Crippen molar-refractivity contribution in [3.05, 3.63) is 60.7 Å². The standard InChI is InChI=1S/C24H24N6O3S/c31-19(28-30-21(32)24(25-22(30)33)14-8-3-9-15-24)16-34-23-27-26-20(17-10-4-1-5-11-17)29(23)18-12-6-2-7-13-18/h1-2,4-7,10-13H,3,8-9,14-16H2,(H,25,33)(H,28,31). The lowest BCUT2D eigenvalue weighted by molar-refractivity contribution is -0.139. The fraction of sp³-hybridized carbons (Fsp3) is 0.292. The van der Waals surface area contributed by atoms with Crippen molar-refractivity contribution in [2.24, 2.45) is 0 Å². The summed E-state index contributed by atoms with van der Waals surface area (Å²) in [5.41, 5.74) is 3.35. The van der Waals surface area contributed by atoms with Crippen LogP contribution < -0.4 is 10.7 Å². The largest absolute Gasteiger partial charge is 0.344 e. The van der Waals surface area contributed by atoms with Gasteiger partial charge in [-0.2, -0.15) is 5.01 Å². The van der Waals surface area contributed by atoms with Crippen LogP contribution in [-0.4, -0.2) is 48.9 Å². The Labute approximate surface area is 200 Å². The molecule has 2 fully saturated rings. The third-order valence-electron chi connectivity index (χ3n) is 6.12. The Morgan fingerprint density at radius 2 is 1.65 bits per heavy atom. The molecule has 2 aliphatic rings. The van der Waals surface area contributed by atoms with Gasteiger partial charge in [0.1, 0.15) is 5.54 Å². The van der Waals surface area contributed by atoms with Crippen LogP contribution in [0.25, 0.3) is 17.1 Å². The van der Waals surface area contributed by atoms with E-state index in [0.717, 1.165) is 35.5 Å². The summed E-state index contributed by atoms with van der Waals surface area (Å²) in [5.74, 6) is -0.230. The van der Waals surface area contributed by atoms with Crippen molar-refractivity contribution < 1.29 is 14.4 Å². The average molecular weight is 477 g/mol. The maximum Gasteiger partial charge on any atom is 0.344 e. The predicted octanol–water partition coefficient (Wildman–Crippen LogP) is 3.31. The van der Waals surface area contributed by atoms with Crippen molar-refractivity contribution in [1.29, 1.82) is 0 Å². The van der Waals surface area contributed by atoms with Crippen molar-refractivity contribution in [1.82, 2.24) is 30.5 Å². The molecule has 1 aliphatic heterocycles. The van der Waals surface area contributed by atoms with Gasteiger partial charge in [-0.05, 0) is 25.0 Å². The molecule has 1 saturated carbocycles. The minimum absolute atomic E-state index is 0.0379. The summed E-state index contributed by atoms with van der Waals surface area (Å²) in [6.07, 6.45) is 3.99. The highest BCUT2D eigenvalue weighted by Crippen LogP contribution is 2.33. The highest BCUT2D eigenvalue weighted by atomic mass is 32.2. The molecule has 5 rings (SSSR count). The lowest BCUT2D eigenvalue weighted by atomic mass is 9.82. The lowest BCUT2D eigenvalue weighted by Crippen LogP contribution is -2.51. The first-order chi connectivity index (χ1) is 16.6. The van der Waals surface area contributed by atoms with E-state index in [9.17, 15) is 14.4 Å². The van der Waals surface area contributed by atoms with Crippen molar-refractivity contribution >= 4 is 29.6 Å². The number of imide groups is 1. The zero-order valence-corrected chi connectivity index (χ0v) is 19.3. The predicted molar refractivity (Wildman–Crippen MR) is 127 cm³/mol. The number of thioether (sulfide) groups is 1. The van der Waals surface area contributed by atoms with Gasteiger partial charge in [-0.1, -0.05) is 79.6 Å². The van der Waals surface area contributed by atoms with Crippen LogP contribution in [0.1, 0.15) is 32.1 Å². The maximum absolute atomic E-state index is 12.9. The van der Waals surface area contributed by atoms with Gasteiger partial charge < -0.3 is 5.32 Å².